The molecule has 2 rings (SSSR count). The van der Waals surface area contributed by atoms with Gasteiger partial charge in [0.25, 0.3) is 11.8 Å². The fourth-order valence-corrected chi connectivity index (χ4v) is 2.41. The largest absolute Gasteiger partial charge is 0.385 e. The van der Waals surface area contributed by atoms with Crippen LogP contribution in [0.4, 0.5) is 0 Å². The first-order valence-corrected chi connectivity index (χ1v) is 9.18. The molecule has 0 aliphatic rings. The zero-order chi connectivity index (χ0) is 20.2. The molecule has 0 aromatic heterocycles. The SMILES string of the molecule is COCCCNC(=O)C(=CC=Cc1ccccc1)NC(=O)c1ccc(C)cc1. The Kier molecular flexibility index (Phi) is 8.69. The van der Waals surface area contributed by atoms with E-state index < -0.39 is 0 Å². The number of amides is 2. The maximum Gasteiger partial charge on any atom is 0.267 e. The number of rotatable bonds is 9. The van der Waals surface area contributed by atoms with Gasteiger partial charge in [-0.05, 0) is 37.1 Å². The Balaban J connectivity index is 2.11. The van der Waals surface area contributed by atoms with Crippen LogP contribution in [0.25, 0.3) is 6.08 Å². The molecule has 0 aliphatic carbocycles. The van der Waals surface area contributed by atoms with Gasteiger partial charge in [0.05, 0.1) is 0 Å². The number of hydrogen-bond donors (Lipinski definition) is 2. The molecule has 2 aromatic carbocycles. The van der Waals surface area contributed by atoms with Crippen molar-refractivity contribution < 1.29 is 14.3 Å². The Morgan fingerprint density at radius 1 is 1.04 bits per heavy atom. The molecule has 0 aliphatic heterocycles. The van der Waals surface area contributed by atoms with E-state index in [0.717, 1.165) is 11.1 Å². The van der Waals surface area contributed by atoms with Crippen LogP contribution >= 0.6 is 0 Å². The molecule has 0 atom stereocenters. The monoisotopic (exact) mass is 378 g/mol. The van der Waals surface area contributed by atoms with Crippen molar-refractivity contribution in [1.82, 2.24) is 10.6 Å². The van der Waals surface area contributed by atoms with Gasteiger partial charge in [-0.2, -0.15) is 0 Å². The molecular weight excluding hydrogens is 352 g/mol. The summed E-state index contributed by atoms with van der Waals surface area (Å²) in [7, 11) is 1.61. The van der Waals surface area contributed by atoms with E-state index >= 15 is 0 Å². The lowest BCUT2D eigenvalue weighted by Crippen LogP contribution is -2.35. The fraction of sp³-hybridized carbons (Fsp3) is 0.217. The Hall–Kier alpha value is -3.18. The second-order valence-electron chi connectivity index (χ2n) is 6.27. The maximum absolute atomic E-state index is 12.5. The van der Waals surface area contributed by atoms with Crippen LogP contribution in [0.15, 0.2) is 72.4 Å². The lowest BCUT2D eigenvalue weighted by molar-refractivity contribution is -0.117. The average Bonchev–Trinajstić information content (AvgIpc) is 2.71. The van der Waals surface area contributed by atoms with Crippen LogP contribution in [-0.2, 0) is 9.53 Å². The topological polar surface area (TPSA) is 67.4 Å². The molecule has 5 heteroatoms. The lowest BCUT2D eigenvalue weighted by atomic mass is 10.1. The third-order valence-corrected chi connectivity index (χ3v) is 3.97. The van der Waals surface area contributed by atoms with Gasteiger partial charge in [-0.1, -0.05) is 60.2 Å². The molecule has 0 saturated heterocycles. The van der Waals surface area contributed by atoms with Crippen LogP contribution in [0.3, 0.4) is 0 Å². The van der Waals surface area contributed by atoms with Gasteiger partial charge in [-0.25, -0.2) is 0 Å². The summed E-state index contributed by atoms with van der Waals surface area (Å²) in [6.45, 7) is 2.98. The highest BCUT2D eigenvalue weighted by molar-refractivity contribution is 6.03. The highest BCUT2D eigenvalue weighted by Crippen LogP contribution is 2.06. The minimum absolute atomic E-state index is 0.190. The van der Waals surface area contributed by atoms with Crippen LogP contribution in [0.1, 0.15) is 27.9 Å². The van der Waals surface area contributed by atoms with E-state index in [1.807, 2.05) is 55.5 Å². The molecule has 0 spiro atoms. The van der Waals surface area contributed by atoms with Crippen molar-refractivity contribution in [3.63, 3.8) is 0 Å². The summed E-state index contributed by atoms with van der Waals surface area (Å²) in [5.41, 5.74) is 2.75. The molecule has 0 heterocycles. The molecule has 5 nitrogen and oxygen atoms in total. The number of carbonyl (C=O) groups excluding carboxylic acids is 2. The summed E-state index contributed by atoms with van der Waals surface area (Å²) in [6, 6.07) is 16.9. The summed E-state index contributed by atoms with van der Waals surface area (Å²) >= 11 is 0. The van der Waals surface area contributed by atoms with Gasteiger partial charge in [0.15, 0.2) is 0 Å². The molecular formula is C23H26N2O3. The van der Waals surface area contributed by atoms with E-state index in [1.165, 1.54) is 0 Å². The quantitative estimate of drug-likeness (QED) is 0.399. The van der Waals surface area contributed by atoms with Gasteiger partial charge >= 0.3 is 0 Å². The first-order chi connectivity index (χ1) is 13.6. The van der Waals surface area contributed by atoms with Gasteiger partial charge in [-0.15, -0.1) is 0 Å². The average molecular weight is 378 g/mol. The second-order valence-corrected chi connectivity index (χ2v) is 6.27. The number of ether oxygens (including phenoxy) is 1. The summed E-state index contributed by atoms with van der Waals surface area (Å²) in [5, 5.41) is 5.50. The summed E-state index contributed by atoms with van der Waals surface area (Å²) < 4.78 is 4.98. The van der Waals surface area contributed by atoms with Crippen molar-refractivity contribution in [3.8, 4) is 0 Å². The number of allylic oxidation sites excluding steroid dienone is 2. The molecule has 2 amide bonds. The molecule has 0 saturated carbocycles. The summed E-state index contributed by atoms with van der Waals surface area (Å²) in [5.74, 6) is -0.666. The van der Waals surface area contributed by atoms with Gasteiger partial charge in [0, 0.05) is 25.8 Å². The molecule has 0 bridgehead atoms. The van der Waals surface area contributed by atoms with E-state index in [0.29, 0.717) is 25.1 Å². The van der Waals surface area contributed by atoms with Crippen molar-refractivity contribution in [2.24, 2.45) is 0 Å². The van der Waals surface area contributed by atoms with Crippen molar-refractivity contribution >= 4 is 17.9 Å². The first kappa shape index (κ1) is 21.1. The number of nitrogens with one attached hydrogen (secondary N) is 2. The number of aryl methyl sites for hydroxylation is 1. The molecule has 146 valence electrons. The highest BCUT2D eigenvalue weighted by Gasteiger charge is 2.13. The fourth-order valence-electron chi connectivity index (χ4n) is 2.41. The maximum atomic E-state index is 12.5. The van der Waals surface area contributed by atoms with Crippen LogP contribution < -0.4 is 10.6 Å². The molecule has 0 radical (unpaired) electrons. The molecule has 0 fully saturated rings. The zero-order valence-corrected chi connectivity index (χ0v) is 16.3. The van der Waals surface area contributed by atoms with Crippen LogP contribution in [-0.4, -0.2) is 32.1 Å². The van der Waals surface area contributed by atoms with Crippen molar-refractivity contribution in [1.29, 1.82) is 0 Å². The van der Waals surface area contributed by atoms with Crippen LogP contribution in [0.5, 0.6) is 0 Å². The Morgan fingerprint density at radius 3 is 2.43 bits per heavy atom. The highest BCUT2D eigenvalue weighted by atomic mass is 16.5. The van der Waals surface area contributed by atoms with Gasteiger partial charge in [0.1, 0.15) is 5.70 Å². The van der Waals surface area contributed by atoms with E-state index in [4.69, 9.17) is 4.74 Å². The standard InChI is InChI=1S/C23H26N2O3/c1-18-12-14-20(15-13-18)22(26)25-21(23(27)24-16-7-17-28-2)11-6-10-19-8-4-3-5-9-19/h3-6,8-15H,7,16-17H2,1-2H3,(H,24,27)(H,25,26). The van der Waals surface area contributed by atoms with Crippen molar-refractivity contribution in [2.45, 2.75) is 13.3 Å². The Labute approximate surface area is 166 Å². The first-order valence-electron chi connectivity index (χ1n) is 9.18. The smallest absolute Gasteiger partial charge is 0.267 e. The summed E-state index contributed by atoms with van der Waals surface area (Å²) in [6.07, 6.45) is 5.91. The van der Waals surface area contributed by atoms with Crippen LogP contribution in [0.2, 0.25) is 0 Å². The summed E-state index contributed by atoms with van der Waals surface area (Å²) in [4.78, 5) is 25.0. The zero-order valence-electron chi connectivity index (χ0n) is 16.3. The van der Waals surface area contributed by atoms with Crippen molar-refractivity contribution in [2.75, 3.05) is 20.3 Å². The van der Waals surface area contributed by atoms with Gasteiger partial charge in [0.2, 0.25) is 0 Å². The molecule has 0 unspecified atom stereocenters. The molecule has 2 N–H and O–H groups in total. The third kappa shape index (κ3) is 7.21. The number of benzene rings is 2. The van der Waals surface area contributed by atoms with Gasteiger partial charge in [-0.3, -0.25) is 9.59 Å². The minimum atomic E-state index is -0.339. The van der Waals surface area contributed by atoms with E-state index in [1.54, 1.807) is 31.4 Å². The Morgan fingerprint density at radius 2 is 1.75 bits per heavy atom. The second kappa shape index (κ2) is 11.5. The van der Waals surface area contributed by atoms with Crippen LogP contribution in [0, 0.1) is 6.92 Å². The third-order valence-electron chi connectivity index (χ3n) is 3.97. The van der Waals surface area contributed by atoms with Crippen molar-refractivity contribution in [3.05, 3.63) is 89.1 Å². The van der Waals surface area contributed by atoms with Gasteiger partial charge < -0.3 is 15.4 Å². The number of carbonyl (C=O) groups is 2. The number of methoxy groups -OCH3 is 1. The lowest BCUT2D eigenvalue weighted by Gasteiger charge is -2.10. The van der Waals surface area contributed by atoms with E-state index in [9.17, 15) is 9.59 Å². The Bertz CT molecular complexity index is 825. The molecule has 2 aromatic rings. The van der Waals surface area contributed by atoms with E-state index in [2.05, 4.69) is 10.6 Å². The normalized spacial score (nSPS) is 11.4. The predicted octanol–water partition coefficient (Wildman–Crippen LogP) is 3.47. The minimum Gasteiger partial charge on any atom is -0.385 e. The number of hydrogen-bond acceptors (Lipinski definition) is 3. The predicted molar refractivity (Wildman–Crippen MR) is 112 cm³/mol. The van der Waals surface area contributed by atoms with E-state index in [-0.39, 0.29) is 17.5 Å². The molecule has 28 heavy (non-hydrogen) atoms.